The van der Waals surface area contributed by atoms with Gasteiger partial charge in [0.25, 0.3) is 0 Å². The molecule has 98 valence electrons. The highest BCUT2D eigenvalue weighted by Crippen LogP contribution is 2.22. The number of halogens is 1. The third kappa shape index (κ3) is 3.57. The zero-order valence-electron chi connectivity index (χ0n) is 10.1. The van der Waals surface area contributed by atoms with Crippen molar-refractivity contribution < 1.29 is 9.90 Å². The van der Waals surface area contributed by atoms with E-state index in [2.05, 4.69) is 4.90 Å². The molecule has 2 saturated heterocycles. The average Bonchev–Trinajstić information content (AvgIpc) is 2.61. The van der Waals surface area contributed by atoms with Crippen LogP contribution in [0.4, 0.5) is 0 Å². The average molecular weight is 261 g/mol. The van der Waals surface area contributed by atoms with Gasteiger partial charge in [0.05, 0.1) is 12.0 Å². The highest BCUT2D eigenvalue weighted by atomic mass is 35.5. The Bertz CT molecular complexity index is 267. The van der Waals surface area contributed by atoms with Gasteiger partial charge >= 0.3 is 0 Å². The Morgan fingerprint density at radius 2 is 2.06 bits per heavy atom. The Kier molecular flexibility index (Phi) is 4.65. The Labute approximate surface area is 108 Å². The molecular formula is C12H21ClN2O2. The molecule has 2 rings (SSSR count). The van der Waals surface area contributed by atoms with E-state index in [9.17, 15) is 4.79 Å². The van der Waals surface area contributed by atoms with Crippen molar-refractivity contribution in [2.75, 3.05) is 39.3 Å². The third-order valence-corrected chi connectivity index (χ3v) is 4.06. The van der Waals surface area contributed by atoms with Gasteiger partial charge in [-0.05, 0) is 31.8 Å². The maximum absolute atomic E-state index is 11.6. The van der Waals surface area contributed by atoms with Crippen LogP contribution in [-0.4, -0.2) is 65.5 Å². The van der Waals surface area contributed by atoms with E-state index in [0.717, 1.165) is 45.6 Å². The molecule has 2 heterocycles. The van der Waals surface area contributed by atoms with Gasteiger partial charge in [0.1, 0.15) is 0 Å². The zero-order chi connectivity index (χ0) is 12.3. The second-order valence-electron chi connectivity index (χ2n) is 5.11. The predicted octanol–water partition coefficient (Wildman–Crippen LogP) is 0.530. The molecule has 5 heteroatoms. The van der Waals surface area contributed by atoms with Crippen molar-refractivity contribution in [1.82, 2.24) is 9.80 Å². The molecule has 0 radical (unpaired) electrons. The maximum atomic E-state index is 11.6. The Balaban J connectivity index is 1.73. The van der Waals surface area contributed by atoms with Crippen LogP contribution < -0.4 is 0 Å². The second-order valence-corrected chi connectivity index (χ2v) is 5.73. The first kappa shape index (κ1) is 13.1. The van der Waals surface area contributed by atoms with Crippen molar-refractivity contribution in [1.29, 1.82) is 0 Å². The SMILES string of the molecule is O=C1CC(Cl)CN1CC1CCN(CCO)CC1. The van der Waals surface area contributed by atoms with E-state index in [-0.39, 0.29) is 17.9 Å². The van der Waals surface area contributed by atoms with Crippen molar-refractivity contribution in [2.24, 2.45) is 5.92 Å². The van der Waals surface area contributed by atoms with Gasteiger partial charge < -0.3 is 14.9 Å². The van der Waals surface area contributed by atoms with Crippen LogP contribution in [0, 0.1) is 5.92 Å². The number of hydrogen-bond acceptors (Lipinski definition) is 3. The predicted molar refractivity (Wildman–Crippen MR) is 67.1 cm³/mol. The van der Waals surface area contributed by atoms with E-state index >= 15 is 0 Å². The number of β-amino-alcohol motifs (C(OH)–C–C–N with tert-alkyl or cyclic N) is 1. The first-order valence-corrected chi connectivity index (χ1v) is 6.87. The molecule has 0 aromatic rings. The summed E-state index contributed by atoms with van der Waals surface area (Å²) in [5.74, 6) is 0.818. The van der Waals surface area contributed by atoms with E-state index in [1.165, 1.54) is 0 Å². The summed E-state index contributed by atoms with van der Waals surface area (Å²) in [5, 5.41) is 8.88. The molecule has 1 amide bonds. The first-order chi connectivity index (χ1) is 8.19. The number of alkyl halides is 1. The summed E-state index contributed by atoms with van der Waals surface area (Å²) in [4.78, 5) is 15.8. The lowest BCUT2D eigenvalue weighted by atomic mass is 9.96. The monoisotopic (exact) mass is 260 g/mol. The lowest BCUT2D eigenvalue weighted by molar-refractivity contribution is -0.128. The number of likely N-dealkylation sites (tertiary alicyclic amines) is 2. The van der Waals surface area contributed by atoms with Crippen molar-refractivity contribution in [2.45, 2.75) is 24.6 Å². The minimum Gasteiger partial charge on any atom is -0.395 e. The lowest BCUT2D eigenvalue weighted by Crippen LogP contribution is -2.40. The van der Waals surface area contributed by atoms with Crippen molar-refractivity contribution in [3.63, 3.8) is 0 Å². The van der Waals surface area contributed by atoms with Gasteiger partial charge in [0.2, 0.25) is 5.91 Å². The molecule has 0 spiro atoms. The smallest absolute Gasteiger partial charge is 0.224 e. The topological polar surface area (TPSA) is 43.8 Å². The highest BCUT2D eigenvalue weighted by molar-refractivity contribution is 6.22. The van der Waals surface area contributed by atoms with Gasteiger partial charge in [0.15, 0.2) is 0 Å². The first-order valence-electron chi connectivity index (χ1n) is 6.44. The van der Waals surface area contributed by atoms with E-state index < -0.39 is 0 Å². The summed E-state index contributed by atoms with van der Waals surface area (Å²) in [6.07, 6.45) is 2.75. The van der Waals surface area contributed by atoms with Crippen molar-refractivity contribution in [3.05, 3.63) is 0 Å². The number of carbonyl (C=O) groups is 1. The molecule has 1 unspecified atom stereocenters. The molecule has 0 aliphatic carbocycles. The molecule has 2 fully saturated rings. The normalized spacial score (nSPS) is 28.0. The molecule has 0 aromatic heterocycles. The Hall–Kier alpha value is -0.320. The number of amides is 1. The lowest BCUT2D eigenvalue weighted by Gasteiger charge is -2.33. The van der Waals surface area contributed by atoms with Gasteiger partial charge in [-0.1, -0.05) is 0 Å². The number of carbonyl (C=O) groups excluding carboxylic acids is 1. The van der Waals surface area contributed by atoms with Crippen LogP contribution in [0.5, 0.6) is 0 Å². The number of aliphatic hydroxyl groups is 1. The molecule has 17 heavy (non-hydrogen) atoms. The Morgan fingerprint density at radius 1 is 1.35 bits per heavy atom. The van der Waals surface area contributed by atoms with Crippen LogP contribution in [0.1, 0.15) is 19.3 Å². The molecule has 0 saturated carbocycles. The second kappa shape index (κ2) is 6.03. The minimum atomic E-state index is 0.0111. The van der Waals surface area contributed by atoms with Crippen LogP contribution in [0.25, 0.3) is 0 Å². The fraction of sp³-hybridized carbons (Fsp3) is 0.917. The van der Waals surface area contributed by atoms with Crippen LogP contribution in [0.2, 0.25) is 0 Å². The molecule has 0 bridgehead atoms. The van der Waals surface area contributed by atoms with E-state index in [4.69, 9.17) is 16.7 Å². The molecule has 2 aliphatic heterocycles. The summed E-state index contributed by atoms with van der Waals surface area (Å²) in [7, 11) is 0. The summed E-state index contributed by atoms with van der Waals surface area (Å²) < 4.78 is 0. The van der Waals surface area contributed by atoms with Gasteiger partial charge in [-0.25, -0.2) is 0 Å². The van der Waals surface area contributed by atoms with Crippen molar-refractivity contribution in [3.8, 4) is 0 Å². The van der Waals surface area contributed by atoms with Crippen LogP contribution in [0.3, 0.4) is 0 Å². The largest absolute Gasteiger partial charge is 0.395 e. The van der Waals surface area contributed by atoms with E-state index in [1.54, 1.807) is 0 Å². The maximum Gasteiger partial charge on any atom is 0.224 e. The fourth-order valence-corrected chi connectivity index (χ4v) is 3.04. The van der Waals surface area contributed by atoms with Gasteiger partial charge in [-0.2, -0.15) is 0 Å². The Morgan fingerprint density at radius 3 is 2.59 bits per heavy atom. The molecule has 1 N–H and O–H groups in total. The minimum absolute atomic E-state index is 0.0111. The standard InChI is InChI=1S/C12H21ClN2O2/c13-11-7-12(17)15(9-11)8-10-1-3-14(4-2-10)5-6-16/h10-11,16H,1-9H2. The van der Waals surface area contributed by atoms with Crippen LogP contribution in [0.15, 0.2) is 0 Å². The summed E-state index contributed by atoms with van der Waals surface area (Å²) >= 11 is 5.99. The number of nitrogens with zero attached hydrogens (tertiary/aromatic N) is 2. The molecule has 0 aromatic carbocycles. The molecular weight excluding hydrogens is 240 g/mol. The summed E-state index contributed by atoms with van der Waals surface area (Å²) in [6, 6.07) is 0. The van der Waals surface area contributed by atoms with E-state index in [0.29, 0.717) is 12.3 Å². The van der Waals surface area contributed by atoms with Crippen LogP contribution in [-0.2, 0) is 4.79 Å². The van der Waals surface area contributed by atoms with Gasteiger partial charge in [-0.15, -0.1) is 11.6 Å². The summed E-state index contributed by atoms with van der Waals surface area (Å²) in [6.45, 7) is 4.68. The van der Waals surface area contributed by atoms with E-state index in [1.807, 2.05) is 4.90 Å². The fourth-order valence-electron chi connectivity index (χ4n) is 2.75. The number of hydrogen-bond donors (Lipinski definition) is 1. The van der Waals surface area contributed by atoms with Gasteiger partial charge in [0, 0.05) is 26.1 Å². The summed E-state index contributed by atoms with van der Waals surface area (Å²) in [5.41, 5.74) is 0. The van der Waals surface area contributed by atoms with Gasteiger partial charge in [-0.3, -0.25) is 4.79 Å². The number of aliphatic hydroxyl groups excluding tert-OH is 1. The molecule has 4 nitrogen and oxygen atoms in total. The quantitative estimate of drug-likeness (QED) is 0.750. The number of piperidine rings is 1. The third-order valence-electron chi connectivity index (χ3n) is 3.77. The highest BCUT2D eigenvalue weighted by Gasteiger charge is 2.30. The number of rotatable bonds is 4. The van der Waals surface area contributed by atoms with Crippen LogP contribution >= 0.6 is 11.6 Å². The molecule has 1 atom stereocenters. The molecule has 2 aliphatic rings. The zero-order valence-corrected chi connectivity index (χ0v) is 10.9. The van der Waals surface area contributed by atoms with Crippen molar-refractivity contribution >= 4 is 17.5 Å².